The SMILES string of the molecule is CCN(CC(C)(CNC1CC1)c1ccccc1)C1CC1. The molecule has 0 radical (unpaired) electrons. The van der Waals surface area contributed by atoms with Gasteiger partial charge in [-0.1, -0.05) is 44.2 Å². The standard InChI is InChI=1S/C18H28N2/c1-3-20(17-11-12-17)14-18(2,13-19-16-9-10-16)15-7-5-4-6-8-15/h4-8,16-17,19H,3,9-14H2,1-2H3. The summed E-state index contributed by atoms with van der Waals surface area (Å²) in [6.45, 7) is 8.19. The molecule has 2 aliphatic carbocycles. The molecule has 1 aromatic rings. The van der Waals surface area contributed by atoms with E-state index in [1.54, 1.807) is 0 Å². The van der Waals surface area contributed by atoms with Crippen LogP contribution < -0.4 is 5.32 Å². The second-order valence-corrected chi connectivity index (χ2v) is 6.88. The first-order chi connectivity index (χ1) is 9.71. The summed E-state index contributed by atoms with van der Waals surface area (Å²) in [6.07, 6.45) is 5.53. The minimum atomic E-state index is 0.225. The van der Waals surface area contributed by atoms with Gasteiger partial charge in [0, 0.05) is 30.6 Å². The number of benzene rings is 1. The van der Waals surface area contributed by atoms with Crippen LogP contribution in [0.1, 0.15) is 45.1 Å². The molecule has 2 heteroatoms. The van der Waals surface area contributed by atoms with Crippen LogP contribution in [0.15, 0.2) is 30.3 Å². The zero-order valence-corrected chi connectivity index (χ0v) is 12.9. The van der Waals surface area contributed by atoms with Gasteiger partial charge in [0.05, 0.1) is 0 Å². The minimum absolute atomic E-state index is 0.225. The maximum Gasteiger partial charge on any atom is 0.0177 e. The molecule has 0 aromatic heterocycles. The van der Waals surface area contributed by atoms with E-state index < -0.39 is 0 Å². The molecular weight excluding hydrogens is 244 g/mol. The average molecular weight is 272 g/mol. The van der Waals surface area contributed by atoms with Crippen LogP contribution in [0.5, 0.6) is 0 Å². The van der Waals surface area contributed by atoms with Gasteiger partial charge >= 0.3 is 0 Å². The fraction of sp³-hybridized carbons (Fsp3) is 0.667. The Bertz CT molecular complexity index is 422. The largest absolute Gasteiger partial charge is 0.313 e. The van der Waals surface area contributed by atoms with E-state index in [1.165, 1.54) is 44.3 Å². The molecule has 2 aliphatic rings. The van der Waals surface area contributed by atoms with Crippen molar-refractivity contribution in [2.75, 3.05) is 19.6 Å². The van der Waals surface area contributed by atoms with Gasteiger partial charge in [0.25, 0.3) is 0 Å². The van der Waals surface area contributed by atoms with E-state index in [4.69, 9.17) is 0 Å². The second-order valence-electron chi connectivity index (χ2n) is 6.88. The summed E-state index contributed by atoms with van der Waals surface area (Å²) in [4.78, 5) is 2.68. The molecule has 2 saturated carbocycles. The van der Waals surface area contributed by atoms with E-state index in [0.717, 1.165) is 18.6 Å². The van der Waals surface area contributed by atoms with Gasteiger partial charge in [-0.15, -0.1) is 0 Å². The highest BCUT2D eigenvalue weighted by molar-refractivity contribution is 5.26. The summed E-state index contributed by atoms with van der Waals surface area (Å²) in [5.74, 6) is 0. The van der Waals surface area contributed by atoms with Gasteiger partial charge < -0.3 is 5.32 Å². The molecule has 3 rings (SSSR count). The first-order valence-electron chi connectivity index (χ1n) is 8.24. The molecule has 0 amide bonds. The maximum atomic E-state index is 3.76. The smallest absolute Gasteiger partial charge is 0.0177 e. The van der Waals surface area contributed by atoms with E-state index in [1.807, 2.05) is 0 Å². The Balaban J connectivity index is 1.73. The molecule has 0 heterocycles. The van der Waals surface area contributed by atoms with Crippen LogP contribution >= 0.6 is 0 Å². The van der Waals surface area contributed by atoms with Crippen LogP contribution in [0.2, 0.25) is 0 Å². The molecule has 1 aromatic carbocycles. The van der Waals surface area contributed by atoms with Crippen molar-refractivity contribution in [1.82, 2.24) is 10.2 Å². The van der Waals surface area contributed by atoms with Crippen molar-refractivity contribution in [3.63, 3.8) is 0 Å². The molecule has 2 nitrogen and oxygen atoms in total. The highest BCUT2D eigenvalue weighted by Gasteiger charge is 2.36. The lowest BCUT2D eigenvalue weighted by molar-refractivity contribution is 0.211. The van der Waals surface area contributed by atoms with E-state index in [2.05, 4.69) is 54.4 Å². The van der Waals surface area contributed by atoms with Crippen LogP contribution in [-0.2, 0) is 5.41 Å². The molecule has 1 atom stereocenters. The summed E-state index contributed by atoms with van der Waals surface area (Å²) < 4.78 is 0. The zero-order valence-electron chi connectivity index (χ0n) is 12.9. The summed E-state index contributed by atoms with van der Waals surface area (Å²) in [5.41, 5.74) is 1.70. The predicted octanol–water partition coefficient (Wildman–Crippen LogP) is 3.18. The van der Waals surface area contributed by atoms with Crippen LogP contribution in [0.3, 0.4) is 0 Å². The van der Waals surface area contributed by atoms with Gasteiger partial charge in [-0.2, -0.15) is 0 Å². The van der Waals surface area contributed by atoms with E-state index in [9.17, 15) is 0 Å². The Kier molecular flexibility index (Phi) is 4.13. The number of rotatable bonds is 8. The molecular formula is C18H28N2. The van der Waals surface area contributed by atoms with Crippen molar-refractivity contribution < 1.29 is 0 Å². The Morgan fingerprint density at radius 1 is 1.15 bits per heavy atom. The first-order valence-corrected chi connectivity index (χ1v) is 8.24. The Morgan fingerprint density at radius 2 is 1.85 bits per heavy atom. The summed E-state index contributed by atoms with van der Waals surface area (Å²) in [5, 5.41) is 3.76. The molecule has 0 saturated heterocycles. The minimum Gasteiger partial charge on any atom is -0.313 e. The third-order valence-electron chi connectivity index (χ3n) is 4.85. The van der Waals surface area contributed by atoms with Gasteiger partial charge in [-0.05, 0) is 37.8 Å². The molecule has 2 fully saturated rings. The molecule has 20 heavy (non-hydrogen) atoms. The van der Waals surface area contributed by atoms with E-state index >= 15 is 0 Å². The second kappa shape index (κ2) is 5.87. The topological polar surface area (TPSA) is 15.3 Å². The normalized spacial score (nSPS) is 21.9. The quantitative estimate of drug-likeness (QED) is 0.782. The Hall–Kier alpha value is -0.860. The monoisotopic (exact) mass is 272 g/mol. The van der Waals surface area contributed by atoms with Crippen LogP contribution in [-0.4, -0.2) is 36.6 Å². The maximum absolute atomic E-state index is 3.76. The van der Waals surface area contributed by atoms with Crippen LogP contribution in [0, 0.1) is 0 Å². The Labute approximate surface area is 123 Å². The number of nitrogens with zero attached hydrogens (tertiary/aromatic N) is 1. The van der Waals surface area contributed by atoms with Crippen molar-refractivity contribution in [1.29, 1.82) is 0 Å². The summed E-state index contributed by atoms with van der Waals surface area (Å²) >= 11 is 0. The lowest BCUT2D eigenvalue weighted by Crippen LogP contribution is -2.46. The highest BCUT2D eigenvalue weighted by atomic mass is 15.2. The molecule has 110 valence electrons. The van der Waals surface area contributed by atoms with Crippen molar-refractivity contribution >= 4 is 0 Å². The van der Waals surface area contributed by atoms with E-state index in [-0.39, 0.29) is 5.41 Å². The number of likely N-dealkylation sites (N-methyl/N-ethyl adjacent to an activating group) is 1. The van der Waals surface area contributed by atoms with Gasteiger partial charge in [-0.25, -0.2) is 0 Å². The zero-order chi connectivity index (χ0) is 14.0. The third-order valence-corrected chi connectivity index (χ3v) is 4.85. The van der Waals surface area contributed by atoms with Crippen LogP contribution in [0.4, 0.5) is 0 Å². The first kappa shape index (κ1) is 14.1. The molecule has 0 bridgehead atoms. The van der Waals surface area contributed by atoms with Gasteiger partial charge in [0.2, 0.25) is 0 Å². The molecule has 1 N–H and O–H groups in total. The molecule has 0 aliphatic heterocycles. The van der Waals surface area contributed by atoms with Crippen molar-refractivity contribution in [3.8, 4) is 0 Å². The fourth-order valence-electron chi connectivity index (χ4n) is 3.13. The fourth-order valence-corrected chi connectivity index (χ4v) is 3.13. The third kappa shape index (κ3) is 3.42. The van der Waals surface area contributed by atoms with Crippen molar-refractivity contribution in [3.05, 3.63) is 35.9 Å². The molecule has 1 unspecified atom stereocenters. The average Bonchev–Trinajstić information content (AvgIpc) is 3.37. The molecule has 0 spiro atoms. The van der Waals surface area contributed by atoms with E-state index in [0.29, 0.717) is 0 Å². The predicted molar refractivity (Wildman–Crippen MR) is 85.1 cm³/mol. The van der Waals surface area contributed by atoms with Crippen LogP contribution in [0.25, 0.3) is 0 Å². The summed E-state index contributed by atoms with van der Waals surface area (Å²) in [7, 11) is 0. The number of hydrogen-bond acceptors (Lipinski definition) is 2. The van der Waals surface area contributed by atoms with Gasteiger partial charge in [-0.3, -0.25) is 4.90 Å². The van der Waals surface area contributed by atoms with Gasteiger partial charge in [0.15, 0.2) is 0 Å². The lowest BCUT2D eigenvalue weighted by atomic mass is 9.81. The summed E-state index contributed by atoms with van der Waals surface area (Å²) in [6, 6.07) is 12.7. The van der Waals surface area contributed by atoms with Crippen molar-refractivity contribution in [2.45, 2.75) is 57.0 Å². The van der Waals surface area contributed by atoms with Gasteiger partial charge in [0.1, 0.15) is 0 Å². The number of nitrogens with one attached hydrogen (secondary N) is 1. The van der Waals surface area contributed by atoms with Crippen molar-refractivity contribution in [2.24, 2.45) is 0 Å². The highest BCUT2D eigenvalue weighted by Crippen LogP contribution is 2.32. The number of hydrogen-bond donors (Lipinski definition) is 1. The lowest BCUT2D eigenvalue weighted by Gasteiger charge is -2.36. The Morgan fingerprint density at radius 3 is 2.40 bits per heavy atom.